The lowest BCUT2D eigenvalue weighted by atomic mass is 10.2. The van der Waals surface area contributed by atoms with Crippen molar-refractivity contribution in [3.05, 3.63) is 47.8 Å². The van der Waals surface area contributed by atoms with E-state index in [0.29, 0.717) is 0 Å². The molecule has 0 atom stereocenters. The van der Waals surface area contributed by atoms with Crippen LogP contribution in [0, 0.1) is 6.92 Å². The average molecular weight is 359 g/mol. The number of nitrogens with one attached hydrogen (secondary N) is 1. The summed E-state index contributed by atoms with van der Waals surface area (Å²) in [6.45, 7) is 3.25. The van der Waals surface area contributed by atoms with Gasteiger partial charge in [0.15, 0.2) is 5.16 Å². The molecule has 4 nitrogen and oxygen atoms in total. The number of aromatic nitrogens is 3. The molecule has 2 heterocycles. The molecule has 0 spiro atoms. The first-order chi connectivity index (χ1) is 11.6. The van der Waals surface area contributed by atoms with Gasteiger partial charge in [-0.2, -0.15) is 0 Å². The van der Waals surface area contributed by atoms with Crippen LogP contribution in [0.3, 0.4) is 0 Å². The van der Waals surface area contributed by atoms with Gasteiger partial charge in [0.05, 0.1) is 16.7 Å². The van der Waals surface area contributed by atoms with Gasteiger partial charge in [-0.25, -0.2) is 4.98 Å². The van der Waals surface area contributed by atoms with Crippen molar-refractivity contribution in [2.45, 2.75) is 22.7 Å². The molecule has 3 rings (SSSR count). The summed E-state index contributed by atoms with van der Waals surface area (Å²) in [5.74, 6) is 1.92. The Morgan fingerprint density at radius 3 is 2.75 bits per heavy atom. The summed E-state index contributed by atoms with van der Waals surface area (Å²) < 4.78 is 0. The van der Waals surface area contributed by atoms with Crippen molar-refractivity contribution in [1.82, 2.24) is 19.9 Å². The average Bonchev–Trinajstić information content (AvgIpc) is 2.98. The third-order valence-electron chi connectivity index (χ3n) is 3.77. The fourth-order valence-corrected chi connectivity index (χ4v) is 4.41. The first-order valence-electron chi connectivity index (χ1n) is 7.93. The van der Waals surface area contributed by atoms with Gasteiger partial charge in [-0.3, -0.25) is 4.98 Å². The van der Waals surface area contributed by atoms with Crippen molar-refractivity contribution in [2.24, 2.45) is 0 Å². The number of hydrogen-bond donors (Lipinski definition) is 1. The number of rotatable bonds is 7. The predicted molar refractivity (Wildman–Crippen MR) is 104 cm³/mol. The molecule has 0 aliphatic rings. The van der Waals surface area contributed by atoms with Crippen LogP contribution < -0.4 is 0 Å². The van der Waals surface area contributed by atoms with Gasteiger partial charge < -0.3 is 9.88 Å². The smallest absolute Gasteiger partial charge is 0.166 e. The maximum Gasteiger partial charge on any atom is 0.166 e. The lowest BCUT2D eigenvalue weighted by Gasteiger charge is -2.12. The number of hydrogen-bond acceptors (Lipinski definition) is 5. The Balaban J connectivity index is 1.66. The normalized spacial score (nSPS) is 11.5. The molecular weight excluding hydrogens is 336 g/mol. The van der Waals surface area contributed by atoms with Crippen LogP contribution in [0.25, 0.3) is 11.0 Å². The molecule has 2 aromatic heterocycles. The molecular formula is C18H22N4S2. The van der Waals surface area contributed by atoms with Crippen molar-refractivity contribution in [3.63, 3.8) is 0 Å². The van der Waals surface area contributed by atoms with Gasteiger partial charge in [-0.05, 0) is 44.8 Å². The van der Waals surface area contributed by atoms with Gasteiger partial charge in [-0.15, -0.1) is 11.8 Å². The SMILES string of the molecule is Cc1c(SCCN(C)C)ccnc1CSc1nc2ccccc2[nH]1. The summed E-state index contributed by atoms with van der Waals surface area (Å²) in [6, 6.07) is 10.2. The van der Waals surface area contributed by atoms with Crippen LogP contribution in [-0.2, 0) is 5.75 Å². The van der Waals surface area contributed by atoms with E-state index in [-0.39, 0.29) is 0 Å². The molecule has 0 aliphatic heterocycles. The lowest BCUT2D eigenvalue weighted by Crippen LogP contribution is -2.14. The number of imidazole rings is 1. The van der Waals surface area contributed by atoms with Crippen molar-refractivity contribution in [1.29, 1.82) is 0 Å². The molecule has 0 unspecified atom stereocenters. The van der Waals surface area contributed by atoms with Crippen molar-refractivity contribution in [3.8, 4) is 0 Å². The zero-order valence-electron chi connectivity index (χ0n) is 14.2. The molecule has 0 radical (unpaired) electrons. The molecule has 0 bridgehead atoms. The largest absolute Gasteiger partial charge is 0.333 e. The summed E-state index contributed by atoms with van der Waals surface area (Å²) in [4.78, 5) is 16.1. The second kappa shape index (κ2) is 8.05. The van der Waals surface area contributed by atoms with E-state index in [1.54, 1.807) is 11.8 Å². The van der Waals surface area contributed by atoms with Crippen LogP contribution in [0.2, 0.25) is 0 Å². The number of benzene rings is 1. The molecule has 0 fully saturated rings. The second-order valence-corrected chi connectivity index (χ2v) is 7.98. The highest BCUT2D eigenvalue weighted by molar-refractivity contribution is 7.99. The van der Waals surface area contributed by atoms with Gasteiger partial charge in [0.1, 0.15) is 0 Å². The molecule has 6 heteroatoms. The molecule has 24 heavy (non-hydrogen) atoms. The molecule has 126 valence electrons. The maximum absolute atomic E-state index is 4.62. The van der Waals surface area contributed by atoms with Crippen molar-refractivity contribution >= 4 is 34.6 Å². The molecule has 0 aliphatic carbocycles. The third-order valence-corrected chi connectivity index (χ3v) is 5.79. The minimum atomic E-state index is 0.827. The Hall–Kier alpha value is -1.50. The summed E-state index contributed by atoms with van der Waals surface area (Å²) in [5, 5.41) is 0.947. The van der Waals surface area contributed by atoms with Crippen LogP contribution in [-0.4, -0.2) is 46.2 Å². The Labute approximate surface area is 151 Å². The maximum atomic E-state index is 4.62. The number of aromatic amines is 1. The van der Waals surface area contributed by atoms with Gasteiger partial charge in [0.2, 0.25) is 0 Å². The molecule has 0 saturated heterocycles. The predicted octanol–water partition coefficient (Wildman–Crippen LogP) is 4.21. The highest BCUT2D eigenvalue weighted by atomic mass is 32.2. The summed E-state index contributed by atoms with van der Waals surface area (Å²) in [6.07, 6.45) is 1.92. The Morgan fingerprint density at radius 1 is 1.12 bits per heavy atom. The molecule has 3 aromatic rings. The topological polar surface area (TPSA) is 44.8 Å². The van der Waals surface area contributed by atoms with E-state index < -0.39 is 0 Å². The molecule has 0 amide bonds. The van der Waals surface area contributed by atoms with E-state index >= 15 is 0 Å². The monoisotopic (exact) mass is 358 g/mol. The second-order valence-electron chi connectivity index (χ2n) is 5.88. The van der Waals surface area contributed by atoms with E-state index in [1.807, 2.05) is 36.2 Å². The first-order valence-corrected chi connectivity index (χ1v) is 9.90. The van der Waals surface area contributed by atoms with Crippen LogP contribution in [0.15, 0.2) is 46.6 Å². The van der Waals surface area contributed by atoms with E-state index in [0.717, 1.165) is 39.9 Å². The number of thioether (sulfide) groups is 2. The Bertz CT molecular complexity index is 781. The molecule has 0 saturated carbocycles. The minimum Gasteiger partial charge on any atom is -0.333 e. The first kappa shape index (κ1) is 17.3. The fraction of sp³-hybridized carbons (Fsp3) is 0.333. The van der Waals surface area contributed by atoms with E-state index in [1.165, 1.54) is 10.5 Å². The zero-order chi connectivity index (χ0) is 16.9. The molecule has 1 N–H and O–H groups in total. The highest BCUT2D eigenvalue weighted by Crippen LogP contribution is 2.28. The number of H-pyrrole nitrogens is 1. The quantitative estimate of drug-likeness (QED) is 0.641. The number of nitrogens with zero attached hydrogens (tertiary/aromatic N) is 3. The van der Waals surface area contributed by atoms with Gasteiger partial charge in [0, 0.05) is 29.1 Å². The summed E-state index contributed by atoms with van der Waals surface area (Å²) >= 11 is 3.60. The standard InChI is InChI=1S/C18H22N4S2/c1-13-16(19-9-8-17(13)23-11-10-22(2)3)12-24-18-20-14-6-4-5-7-15(14)21-18/h4-9H,10-12H2,1-3H3,(H,20,21). The lowest BCUT2D eigenvalue weighted by molar-refractivity contribution is 0.437. The summed E-state index contributed by atoms with van der Waals surface area (Å²) in [7, 11) is 4.21. The summed E-state index contributed by atoms with van der Waals surface area (Å²) in [5.41, 5.74) is 4.51. The van der Waals surface area contributed by atoms with Gasteiger partial charge in [0.25, 0.3) is 0 Å². The number of fused-ring (bicyclic) bond motifs is 1. The zero-order valence-corrected chi connectivity index (χ0v) is 15.9. The number of pyridine rings is 1. The van der Waals surface area contributed by atoms with Crippen molar-refractivity contribution < 1.29 is 0 Å². The van der Waals surface area contributed by atoms with Crippen LogP contribution in [0.1, 0.15) is 11.3 Å². The minimum absolute atomic E-state index is 0.827. The van der Waals surface area contributed by atoms with Crippen LogP contribution >= 0.6 is 23.5 Å². The van der Waals surface area contributed by atoms with Gasteiger partial charge >= 0.3 is 0 Å². The van der Waals surface area contributed by atoms with Crippen LogP contribution in [0.4, 0.5) is 0 Å². The molecule has 1 aromatic carbocycles. The number of para-hydroxylation sites is 2. The van der Waals surface area contributed by atoms with E-state index in [9.17, 15) is 0 Å². The highest BCUT2D eigenvalue weighted by Gasteiger charge is 2.09. The van der Waals surface area contributed by atoms with Crippen molar-refractivity contribution in [2.75, 3.05) is 26.4 Å². The van der Waals surface area contributed by atoms with E-state index in [4.69, 9.17) is 0 Å². The Kier molecular flexibility index (Phi) is 5.81. The third kappa shape index (κ3) is 4.32. The Morgan fingerprint density at radius 2 is 1.96 bits per heavy atom. The van der Waals surface area contributed by atoms with Crippen LogP contribution in [0.5, 0.6) is 0 Å². The van der Waals surface area contributed by atoms with E-state index in [2.05, 4.69) is 53.0 Å². The fourth-order valence-electron chi connectivity index (χ4n) is 2.33. The van der Waals surface area contributed by atoms with Gasteiger partial charge in [-0.1, -0.05) is 23.9 Å².